The molecule has 0 aliphatic carbocycles. The van der Waals surface area contributed by atoms with Gasteiger partial charge in [0.2, 0.25) is 0 Å². The molecule has 2 bridgehead atoms. The van der Waals surface area contributed by atoms with Crippen LogP contribution >= 0.6 is 31.9 Å². The highest BCUT2D eigenvalue weighted by Gasteiger charge is 2.38. The van der Waals surface area contributed by atoms with Crippen molar-refractivity contribution in [2.24, 2.45) is 0 Å². The standard InChI is InChI=1S/C22H25Br2N3O2/c1-14-7-19-20(10-18(14)24)29-21-8-15(23)11-25-22(21)27(19)6-4-2-3-5-26-12-17-9-16(26)13-28-17/h7-8,10-11,16-17H,2-6,9,12-13H2,1H3/t16-,17-/m0/s1. The van der Waals surface area contributed by atoms with Crippen LogP contribution in [0.2, 0.25) is 0 Å². The lowest BCUT2D eigenvalue weighted by atomic mass is 10.1. The first kappa shape index (κ1) is 19.8. The molecule has 0 unspecified atom stereocenters. The van der Waals surface area contributed by atoms with Gasteiger partial charge >= 0.3 is 0 Å². The monoisotopic (exact) mass is 521 g/mol. The molecule has 2 atom stereocenters. The van der Waals surface area contributed by atoms with Crippen molar-refractivity contribution >= 4 is 43.4 Å². The van der Waals surface area contributed by atoms with E-state index in [0.29, 0.717) is 12.1 Å². The number of aryl methyl sites for hydroxylation is 1. The number of hydrogen-bond donors (Lipinski definition) is 0. The van der Waals surface area contributed by atoms with Crippen molar-refractivity contribution in [3.05, 3.63) is 38.9 Å². The molecule has 0 spiro atoms. The molecule has 5 nitrogen and oxygen atoms in total. The molecule has 29 heavy (non-hydrogen) atoms. The Hall–Kier alpha value is -1.15. The molecule has 0 amide bonds. The number of ether oxygens (including phenoxy) is 2. The zero-order chi connectivity index (χ0) is 20.0. The van der Waals surface area contributed by atoms with E-state index in [-0.39, 0.29) is 0 Å². The van der Waals surface area contributed by atoms with Crippen LogP contribution in [0, 0.1) is 6.92 Å². The van der Waals surface area contributed by atoms with Crippen molar-refractivity contribution in [1.29, 1.82) is 0 Å². The van der Waals surface area contributed by atoms with E-state index in [1.165, 1.54) is 31.4 Å². The van der Waals surface area contributed by atoms with E-state index in [4.69, 9.17) is 9.47 Å². The highest BCUT2D eigenvalue weighted by molar-refractivity contribution is 9.10. The maximum absolute atomic E-state index is 6.16. The summed E-state index contributed by atoms with van der Waals surface area (Å²) in [6, 6.07) is 6.91. The number of hydrogen-bond acceptors (Lipinski definition) is 5. The molecule has 2 saturated heterocycles. The fraction of sp³-hybridized carbons (Fsp3) is 0.500. The zero-order valence-electron chi connectivity index (χ0n) is 16.5. The van der Waals surface area contributed by atoms with Crippen LogP contribution in [0.1, 0.15) is 31.2 Å². The average molecular weight is 523 g/mol. The third-order valence-electron chi connectivity index (χ3n) is 6.15. The molecule has 2 aromatic rings. The predicted molar refractivity (Wildman–Crippen MR) is 121 cm³/mol. The number of morpholine rings is 1. The molecule has 1 aromatic heterocycles. The maximum Gasteiger partial charge on any atom is 0.176 e. The molecule has 3 aliphatic rings. The first-order valence-corrected chi connectivity index (χ1v) is 11.9. The topological polar surface area (TPSA) is 37.8 Å². The van der Waals surface area contributed by atoms with Crippen LogP contribution in [0.3, 0.4) is 0 Å². The van der Waals surface area contributed by atoms with Gasteiger partial charge in [0, 0.05) is 40.3 Å². The fourth-order valence-corrected chi connectivity index (χ4v) is 5.24. The van der Waals surface area contributed by atoms with Crippen molar-refractivity contribution in [3.8, 4) is 11.5 Å². The minimum atomic E-state index is 0.495. The molecule has 0 radical (unpaired) electrons. The Labute approximate surface area is 188 Å². The molecule has 3 aliphatic heterocycles. The highest BCUT2D eigenvalue weighted by atomic mass is 79.9. The molecule has 5 rings (SSSR count). The number of likely N-dealkylation sites (tertiary alicyclic amines) is 1. The Morgan fingerprint density at radius 3 is 2.76 bits per heavy atom. The Morgan fingerprint density at radius 1 is 1.10 bits per heavy atom. The van der Waals surface area contributed by atoms with Gasteiger partial charge in [-0.3, -0.25) is 4.90 Å². The molecule has 1 aromatic carbocycles. The maximum atomic E-state index is 6.16. The van der Waals surface area contributed by atoms with Gasteiger partial charge in [-0.25, -0.2) is 4.98 Å². The first-order chi connectivity index (χ1) is 14.1. The summed E-state index contributed by atoms with van der Waals surface area (Å²) in [5, 5.41) is 0. The molecular formula is C22H25Br2N3O2. The summed E-state index contributed by atoms with van der Waals surface area (Å²) in [5.74, 6) is 2.58. The van der Waals surface area contributed by atoms with Crippen LogP contribution in [0.5, 0.6) is 11.5 Å². The van der Waals surface area contributed by atoms with E-state index < -0.39 is 0 Å². The van der Waals surface area contributed by atoms with Crippen LogP contribution in [-0.4, -0.2) is 48.3 Å². The normalized spacial score (nSPS) is 22.5. The van der Waals surface area contributed by atoms with Crippen LogP contribution in [0.4, 0.5) is 11.5 Å². The summed E-state index contributed by atoms with van der Waals surface area (Å²) in [4.78, 5) is 9.59. The molecule has 4 heterocycles. The van der Waals surface area contributed by atoms with Crippen LogP contribution < -0.4 is 9.64 Å². The van der Waals surface area contributed by atoms with Gasteiger partial charge in [-0.1, -0.05) is 22.4 Å². The van der Waals surface area contributed by atoms with Gasteiger partial charge in [-0.15, -0.1) is 0 Å². The van der Waals surface area contributed by atoms with Crippen LogP contribution in [0.25, 0.3) is 0 Å². The van der Waals surface area contributed by atoms with E-state index in [2.05, 4.69) is 65.7 Å². The molecule has 0 N–H and O–H groups in total. The third kappa shape index (κ3) is 3.94. The lowest BCUT2D eigenvalue weighted by Gasteiger charge is -2.32. The Bertz CT molecular complexity index is 923. The van der Waals surface area contributed by atoms with Crippen molar-refractivity contribution in [3.63, 3.8) is 0 Å². The van der Waals surface area contributed by atoms with Crippen molar-refractivity contribution in [2.75, 3.05) is 31.1 Å². The van der Waals surface area contributed by atoms with Crippen molar-refractivity contribution in [2.45, 2.75) is 44.8 Å². The average Bonchev–Trinajstić information content (AvgIpc) is 3.31. The fourth-order valence-electron chi connectivity index (χ4n) is 4.61. The number of fused-ring (bicyclic) bond motifs is 4. The Kier molecular flexibility index (Phi) is 5.58. The molecule has 2 fully saturated rings. The highest BCUT2D eigenvalue weighted by Crippen LogP contribution is 2.48. The van der Waals surface area contributed by atoms with Gasteiger partial charge in [0.15, 0.2) is 17.3 Å². The van der Waals surface area contributed by atoms with Crippen molar-refractivity contribution in [1.82, 2.24) is 9.88 Å². The summed E-state index contributed by atoms with van der Waals surface area (Å²) in [6.45, 7) is 6.30. The van der Waals surface area contributed by atoms with E-state index in [9.17, 15) is 0 Å². The Balaban J connectivity index is 1.26. The first-order valence-electron chi connectivity index (χ1n) is 10.4. The SMILES string of the molecule is Cc1cc2c(cc1Br)Oc1cc(Br)cnc1N2CCCCCN1C[C@@H]2C[C@H]1CO2. The zero-order valence-corrected chi connectivity index (χ0v) is 19.7. The number of rotatable bonds is 6. The summed E-state index contributed by atoms with van der Waals surface area (Å²) in [7, 11) is 0. The minimum Gasteiger partial charge on any atom is -0.451 e. The summed E-state index contributed by atoms with van der Waals surface area (Å²) in [5.41, 5.74) is 2.30. The van der Waals surface area contributed by atoms with E-state index >= 15 is 0 Å². The second-order valence-corrected chi connectivity index (χ2v) is 9.97. The van der Waals surface area contributed by atoms with Gasteiger partial charge in [-0.05, 0) is 66.4 Å². The summed E-state index contributed by atoms with van der Waals surface area (Å²) in [6.07, 6.45) is 7.15. The van der Waals surface area contributed by atoms with E-state index in [0.717, 1.165) is 58.1 Å². The van der Waals surface area contributed by atoms with Gasteiger partial charge in [-0.2, -0.15) is 0 Å². The molecular weight excluding hydrogens is 498 g/mol. The van der Waals surface area contributed by atoms with Gasteiger partial charge < -0.3 is 14.4 Å². The lowest BCUT2D eigenvalue weighted by molar-refractivity contribution is 0.0300. The second-order valence-electron chi connectivity index (χ2n) is 8.20. The quantitative estimate of drug-likeness (QED) is 0.448. The number of halogens is 2. The number of aromatic nitrogens is 1. The summed E-state index contributed by atoms with van der Waals surface area (Å²) < 4.78 is 13.9. The number of benzene rings is 1. The van der Waals surface area contributed by atoms with Gasteiger partial charge in [0.25, 0.3) is 0 Å². The summed E-state index contributed by atoms with van der Waals surface area (Å²) >= 11 is 7.14. The van der Waals surface area contributed by atoms with Crippen LogP contribution in [-0.2, 0) is 4.74 Å². The van der Waals surface area contributed by atoms with E-state index in [1.807, 2.05) is 12.3 Å². The van der Waals surface area contributed by atoms with Gasteiger partial charge in [0.1, 0.15) is 0 Å². The lowest BCUT2D eigenvalue weighted by Crippen LogP contribution is -2.37. The minimum absolute atomic E-state index is 0.495. The van der Waals surface area contributed by atoms with E-state index in [1.54, 1.807) is 0 Å². The van der Waals surface area contributed by atoms with Crippen LogP contribution in [0.15, 0.2) is 33.3 Å². The number of nitrogens with zero attached hydrogens (tertiary/aromatic N) is 3. The molecule has 154 valence electrons. The second kappa shape index (κ2) is 8.17. The number of unbranched alkanes of at least 4 members (excludes halogenated alkanes) is 2. The van der Waals surface area contributed by atoms with Gasteiger partial charge in [0.05, 0.1) is 18.4 Å². The molecule has 7 heteroatoms. The van der Waals surface area contributed by atoms with Crippen molar-refractivity contribution < 1.29 is 9.47 Å². The number of anilines is 2. The number of pyridine rings is 1. The third-order valence-corrected chi connectivity index (χ3v) is 7.44. The Morgan fingerprint density at radius 2 is 1.97 bits per heavy atom. The molecule has 0 saturated carbocycles. The smallest absolute Gasteiger partial charge is 0.176 e. The predicted octanol–water partition coefficient (Wildman–Crippen LogP) is 5.80. The largest absolute Gasteiger partial charge is 0.451 e.